The van der Waals surface area contributed by atoms with Crippen LogP contribution in [0, 0.1) is 17.5 Å². The summed E-state index contributed by atoms with van der Waals surface area (Å²) in [6.45, 7) is 4.57. The first-order chi connectivity index (χ1) is 15.5. The third kappa shape index (κ3) is 4.45. The van der Waals surface area contributed by atoms with Gasteiger partial charge in [-0.2, -0.15) is 4.39 Å². The largest absolute Gasteiger partial charge is 0.500 e. The Bertz CT molecular complexity index is 1110. The molecule has 0 aliphatic carbocycles. The monoisotopic (exact) mass is 438 g/mol. The zero-order valence-corrected chi connectivity index (χ0v) is 17.6. The normalized spacial score (nSPS) is 18.3. The second-order valence-corrected chi connectivity index (χ2v) is 7.45. The molecule has 0 aromatic heterocycles. The van der Waals surface area contributed by atoms with Gasteiger partial charge in [0.15, 0.2) is 25.7 Å². The minimum absolute atomic E-state index is 0.116. The molecule has 32 heavy (non-hydrogen) atoms. The molecule has 1 aliphatic heterocycles. The standard InChI is InChI=1S/C25H22BF3O3/c1-2-23-30-12-18(13-31-23)19-8-7-17(11-21(19)27)15-3-5-16(6-4-15)20-9-10-22(32-14-26)25(29)24(20)28/h2-11,18,23H,1,12-14,26H2. The van der Waals surface area contributed by atoms with Gasteiger partial charge in [-0.15, -0.1) is 0 Å². The van der Waals surface area contributed by atoms with Gasteiger partial charge in [0, 0.05) is 11.5 Å². The van der Waals surface area contributed by atoms with E-state index in [1.807, 2.05) is 6.07 Å². The summed E-state index contributed by atoms with van der Waals surface area (Å²) in [6, 6.07) is 14.8. The van der Waals surface area contributed by atoms with Crippen LogP contribution in [0.5, 0.6) is 5.75 Å². The van der Waals surface area contributed by atoms with E-state index in [0.29, 0.717) is 29.9 Å². The lowest BCUT2D eigenvalue weighted by atomic mass is 9.95. The van der Waals surface area contributed by atoms with Gasteiger partial charge in [0.2, 0.25) is 5.82 Å². The average Bonchev–Trinajstić information content (AvgIpc) is 2.82. The Labute approximate surface area is 185 Å². The Balaban J connectivity index is 1.54. The maximum absolute atomic E-state index is 14.8. The lowest BCUT2D eigenvalue weighted by molar-refractivity contribution is -0.159. The molecule has 1 heterocycles. The Morgan fingerprint density at radius 1 is 0.906 bits per heavy atom. The molecule has 7 heteroatoms. The van der Waals surface area contributed by atoms with E-state index in [1.54, 1.807) is 44.3 Å². The summed E-state index contributed by atoms with van der Waals surface area (Å²) in [5.41, 5.74) is 2.61. The van der Waals surface area contributed by atoms with Crippen molar-refractivity contribution < 1.29 is 27.4 Å². The van der Waals surface area contributed by atoms with Gasteiger partial charge in [-0.1, -0.05) is 43.0 Å². The third-order valence-corrected chi connectivity index (χ3v) is 5.43. The topological polar surface area (TPSA) is 27.7 Å². The SMILES string of the molecule is BCOc1ccc(-c2ccc(-c3ccc(C4COC(C=C)OC4)c(F)c3)cc2)c(F)c1F. The van der Waals surface area contributed by atoms with E-state index in [-0.39, 0.29) is 29.6 Å². The Kier molecular flexibility index (Phi) is 6.67. The van der Waals surface area contributed by atoms with Gasteiger partial charge < -0.3 is 14.2 Å². The van der Waals surface area contributed by atoms with Crippen LogP contribution in [-0.2, 0) is 9.47 Å². The molecule has 164 valence electrons. The van der Waals surface area contributed by atoms with Gasteiger partial charge in [-0.3, -0.25) is 0 Å². The molecule has 1 saturated heterocycles. The highest BCUT2D eigenvalue weighted by Gasteiger charge is 2.24. The summed E-state index contributed by atoms with van der Waals surface area (Å²) in [5, 5.41) is 0. The van der Waals surface area contributed by atoms with Crippen molar-refractivity contribution in [2.24, 2.45) is 0 Å². The molecule has 0 saturated carbocycles. The van der Waals surface area contributed by atoms with Crippen LogP contribution >= 0.6 is 0 Å². The third-order valence-electron chi connectivity index (χ3n) is 5.43. The van der Waals surface area contributed by atoms with Gasteiger partial charge in [-0.25, -0.2) is 8.78 Å². The van der Waals surface area contributed by atoms with Crippen LogP contribution in [0.2, 0.25) is 0 Å². The van der Waals surface area contributed by atoms with E-state index in [4.69, 9.17) is 14.2 Å². The quantitative estimate of drug-likeness (QED) is 0.398. The van der Waals surface area contributed by atoms with Gasteiger partial charge in [-0.05, 0) is 46.5 Å². The van der Waals surface area contributed by atoms with Crippen LogP contribution in [0.3, 0.4) is 0 Å². The molecule has 0 N–H and O–H groups in total. The molecule has 0 radical (unpaired) electrons. The molecule has 3 aromatic rings. The van der Waals surface area contributed by atoms with Crippen LogP contribution in [0.4, 0.5) is 13.2 Å². The summed E-state index contributed by atoms with van der Waals surface area (Å²) in [5.74, 6) is -2.63. The van der Waals surface area contributed by atoms with Crippen molar-refractivity contribution in [1.29, 1.82) is 0 Å². The molecular weight excluding hydrogens is 416 g/mol. The maximum atomic E-state index is 14.8. The maximum Gasteiger partial charge on any atom is 0.201 e. The van der Waals surface area contributed by atoms with E-state index in [9.17, 15) is 13.2 Å². The van der Waals surface area contributed by atoms with E-state index in [0.717, 1.165) is 5.56 Å². The molecule has 3 nitrogen and oxygen atoms in total. The van der Waals surface area contributed by atoms with Gasteiger partial charge in [0.25, 0.3) is 0 Å². The van der Waals surface area contributed by atoms with Crippen LogP contribution in [-0.4, -0.2) is 33.9 Å². The van der Waals surface area contributed by atoms with Crippen LogP contribution in [0.1, 0.15) is 11.5 Å². The molecule has 3 aromatic carbocycles. The van der Waals surface area contributed by atoms with Crippen LogP contribution in [0.25, 0.3) is 22.3 Å². The highest BCUT2D eigenvalue weighted by Crippen LogP contribution is 2.33. The minimum Gasteiger partial charge on any atom is -0.500 e. The molecule has 0 bridgehead atoms. The van der Waals surface area contributed by atoms with Crippen molar-refractivity contribution in [2.75, 3.05) is 19.7 Å². The molecule has 0 spiro atoms. The van der Waals surface area contributed by atoms with Crippen LogP contribution < -0.4 is 4.74 Å². The number of ether oxygens (including phenoxy) is 3. The van der Waals surface area contributed by atoms with Crippen molar-refractivity contribution in [3.05, 3.63) is 90.3 Å². The summed E-state index contributed by atoms with van der Waals surface area (Å²) < 4.78 is 59.5. The molecule has 0 amide bonds. The lowest BCUT2D eigenvalue weighted by Gasteiger charge is -2.28. The zero-order valence-electron chi connectivity index (χ0n) is 17.6. The highest BCUT2D eigenvalue weighted by atomic mass is 19.2. The highest BCUT2D eigenvalue weighted by molar-refractivity contribution is 6.08. The first-order valence-electron chi connectivity index (χ1n) is 10.4. The van der Waals surface area contributed by atoms with Crippen molar-refractivity contribution >= 4 is 7.85 Å². The number of benzene rings is 3. The number of hydrogen-bond acceptors (Lipinski definition) is 3. The minimum atomic E-state index is -1.01. The molecule has 1 fully saturated rings. The average molecular weight is 438 g/mol. The van der Waals surface area contributed by atoms with Crippen LogP contribution in [0.15, 0.2) is 67.3 Å². The zero-order chi connectivity index (χ0) is 22.7. The van der Waals surface area contributed by atoms with Gasteiger partial charge in [0.05, 0.1) is 19.7 Å². The summed E-state index contributed by atoms with van der Waals surface area (Å²) >= 11 is 0. The second-order valence-electron chi connectivity index (χ2n) is 7.45. The number of rotatable bonds is 6. The lowest BCUT2D eigenvalue weighted by Crippen LogP contribution is -2.29. The van der Waals surface area contributed by atoms with E-state index < -0.39 is 17.9 Å². The van der Waals surface area contributed by atoms with Crippen molar-refractivity contribution in [3.8, 4) is 28.0 Å². The molecule has 0 unspecified atom stereocenters. The van der Waals surface area contributed by atoms with E-state index in [1.165, 1.54) is 18.2 Å². The fourth-order valence-corrected chi connectivity index (χ4v) is 3.74. The second kappa shape index (κ2) is 9.63. The van der Waals surface area contributed by atoms with Gasteiger partial charge >= 0.3 is 0 Å². The molecule has 1 aliphatic rings. The predicted octanol–water partition coefficient (Wildman–Crippen LogP) is 5.05. The number of hydrogen-bond donors (Lipinski definition) is 0. The summed E-state index contributed by atoms with van der Waals surface area (Å²) in [4.78, 5) is 0. The number of halogens is 3. The summed E-state index contributed by atoms with van der Waals surface area (Å²) in [7, 11) is 1.70. The Morgan fingerprint density at radius 2 is 1.56 bits per heavy atom. The van der Waals surface area contributed by atoms with E-state index >= 15 is 0 Å². The summed E-state index contributed by atoms with van der Waals surface area (Å²) in [6.07, 6.45) is 1.10. The predicted molar refractivity (Wildman–Crippen MR) is 120 cm³/mol. The Morgan fingerprint density at radius 3 is 2.19 bits per heavy atom. The Hall–Kier alpha value is -3.03. The van der Waals surface area contributed by atoms with Crippen molar-refractivity contribution in [2.45, 2.75) is 12.2 Å². The van der Waals surface area contributed by atoms with Crippen molar-refractivity contribution in [1.82, 2.24) is 0 Å². The fourth-order valence-electron chi connectivity index (χ4n) is 3.74. The molecule has 0 atom stereocenters. The van der Waals surface area contributed by atoms with Crippen molar-refractivity contribution in [3.63, 3.8) is 0 Å². The first kappa shape index (κ1) is 22.2. The fraction of sp³-hybridized carbons (Fsp3) is 0.200. The first-order valence-corrected chi connectivity index (χ1v) is 10.4. The van der Waals surface area contributed by atoms with E-state index in [2.05, 4.69) is 6.58 Å². The van der Waals surface area contributed by atoms with Gasteiger partial charge in [0.1, 0.15) is 5.82 Å². The molecular formula is C25H22BF3O3. The molecule has 4 rings (SSSR count). The smallest absolute Gasteiger partial charge is 0.201 e.